The Morgan fingerprint density at radius 2 is 1.82 bits per heavy atom. The third kappa shape index (κ3) is 3.47. The first-order valence-electron chi connectivity index (χ1n) is 11.6. The monoisotopic (exact) mass is 470 g/mol. The van der Waals surface area contributed by atoms with Crippen molar-refractivity contribution < 1.29 is 9.53 Å². The fourth-order valence-corrected chi connectivity index (χ4v) is 6.54. The SMILES string of the molecule is Cn1nc(C2CN(C=O)CCC23OCCc2ccsc23)nc1-c1ccc(-c2ccccc2)cc1. The Morgan fingerprint density at radius 3 is 2.62 bits per heavy atom. The number of fused-ring (bicyclic) bond motifs is 2. The van der Waals surface area contributed by atoms with E-state index in [1.165, 1.54) is 21.6 Å². The Bertz CT molecular complexity index is 1310. The number of hydrogen-bond acceptors (Lipinski definition) is 5. The van der Waals surface area contributed by atoms with Crippen LogP contribution in [0.2, 0.25) is 0 Å². The van der Waals surface area contributed by atoms with E-state index in [0.29, 0.717) is 19.7 Å². The average molecular weight is 471 g/mol. The summed E-state index contributed by atoms with van der Waals surface area (Å²) in [4.78, 5) is 19.8. The molecule has 2 aromatic heterocycles. The van der Waals surface area contributed by atoms with E-state index < -0.39 is 5.60 Å². The van der Waals surface area contributed by atoms with Gasteiger partial charge in [-0.2, -0.15) is 5.10 Å². The molecule has 2 aliphatic heterocycles. The lowest BCUT2D eigenvalue weighted by Gasteiger charge is -2.47. The molecule has 0 N–H and O–H groups in total. The number of benzene rings is 2. The number of likely N-dealkylation sites (tertiary alicyclic amines) is 1. The van der Waals surface area contributed by atoms with Gasteiger partial charge in [-0.25, -0.2) is 9.67 Å². The van der Waals surface area contributed by atoms with E-state index in [9.17, 15) is 4.79 Å². The second-order valence-corrected chi connectivity index (χ2v) is 9.94. The van der Waals surface area contributed by atoms with Gasteiger partial charge in [0.05, 0.1) is 12.5 Å². The van der Waals surface area contributed by atoms with Gasteiger partial charge in [-0.15, -0.1) is 11.3 Å². The van der Waals surface area contributed by atoms with Crippen molar-refractivity contribution in [1.82, 2.24) is 19.7 Å². The van der Waals surface area contributed by atoms with E-state index in [0.717, 1.165) is 36.5 Å². The predicted molar refractivity (Wildman–Crippen MR) is 133 cm³/mol. The zero-order chi connectivity index (χ0) is 23.1. The minimum atomic E-state index is -0.475. The van der Waals surface area contributed by atoms with Gasteiger partial charge >= 0.3 is 0 Å². The number of aromatic nitrogens is 3. The highest BCUT2D eigenvalue weighted by Crippen LogP contribution is 2.50. The Morgan fingerprint density at radius 1 is 1.06 bits per heavy atom. The Balaban J connectivity index is 1.38. The molecule has 2 unspecified atom stereocenters. The first-order valence-corrected chi connectivity index (χ1v) is 12.5. The van der Waals surface area contributed by atoms with Crippen LogP contribution in [0.3, 0.4) is 0 Å². The number of hydrogen-bond donors (Lipinski definition) is 0. The molecular weight excluding hydrogens is 444 g/mol. The molecule has 1 saturated heterocycles. The van der Waals surface area contributed by atoms with Crippen molar-refractivity contribution in [2.75, 3.05) is 19.7 Å². The molecule has 34 heavy (non-hydrogen) atoms. The van der Waals surface area contributed by atoms with Crippen LogP contribution >= 0.6 is 11.3 Å². The van der Waals surface area contributed by atoms with E-state index in [4.69, 9.17) is 14.8 Å². The second kappa shape index (κ2) is 8.49. The fourth-order valence-electron chi connectivity index (χ4n) is 5.35. The number of aryl methyl sites for hydroxylation is 1. The molecule has 6 nitrogen and oxygen atoms in total. The van der Waals surface area contributed by atoms with Crippen LogP contribution < -0.4 is 0 Å². The van der Waals surface area contributed by atoms with Gasteiger partial charge in [0, 0.05) is 30.6 Å². The third-order valence-electron chi connectivity index (χ3n) is 7.10. The zero-order valence-electron chi connectivity index (χ0n) is 19.1. The molecule has 2 atom stereocenters. The number of piperidine rings is 1. The molecule has 1 spiro atoms. The number of thiophene rings is 1. The molecule has 1 fully saturated rings. The van der Waals surface area contributed by atoms with E-state index in [1.807, 2.05) is 34.8 Å². The van der Waals surface area contributed by atoms with Gasteiger partial charge in [0.15, 0.2) is 11.6 Å². The first kappa shape index (κ1) is 21.3. The summed E-state index contributed by atoms with van der Waals surface area (Å²) in [6.07, 6.45) is 2.62. The van der Waals surface area contributed by atoms with Crippen LogP contribution in [0, 0.1) is 0 Å². The van der Waals surface area contributed by atoms with Gasteiger partial charge in [0.1, 0.15) is 5.60 Å². The number of carbonyl (C=O) groups is 1. The lowest BCUT2D eigenvalue weighted by atomic mass is 9.76. The first-order chi connectivity index (χ1) is 16.7. The molecule has 1 amide bonds. The summed E-state index contributed by atoms with van der Waals surface area (Å²) in [6.45, 7) is 1.91. The molecule has 172 valence electrons. The van der Waals surface area contributed by atoms with E-state index >= 15 is 0 Å². The van der Waals surface area contributed by atoms with Crippen LogP contribution in [0.4, 0.5) is 0 Å². The van der Waals surface area contributed by atoms with Crippen molar-refractivity contribution in [2.24, 2.45) is 7.05 Å². The molecule has 4 heterocycles. The van der Waals surface area contributed by atoms with E-state index in [-0.39, 0.29) is 5.92 Å². The van der Waals surface area contributed by atoms with Crippen LogP contribution in [0.5, 0.6) is 0 Å². The summed E-state index contributed by atoms with van der Waals surface area (Å²) in [5, 5.41) is 7.00. The molecule has 4 aromatic rings. The standard InChI is InChI=1S/C27H26N4O2S/c1-30-26(22-9-7-20(8-10-22)19-5-3-2-4-6-19)28-25(29-30)23-17-31(18-32)14-13-27(23)24-21(11-15-33-27)12-16-34-24/h2-10,12,16,18,23H,11,13-15,17H2,1H3. The maximum Gasteiger partial charge on any atom is 0.209 e. The molecule has 2 aromatic carbocycles. The minimum absolute atomic E-state index is 0.118. The normalized spacial score (nSPS) is 22.0. The average Bonchev–Trinajstić information content (AvgIpc) is 3.53. The van der Waals surface area contributed by atoms with E-state index in [1.54, 1.807) is 11.3 Å². The largest absolute Gasteiger partial charge is 0.368 e. The van der Waals surface area contributed by atoms with Gasteiger partial charge < -0.3 is 9.64 Å². The smallest absolute Gasteiger partial charge is 0.209 e. The van der Waals surface area contributed by atoms with Gasteiger partial charge in [0.2, 0.25) is 6.41 Å². The highest BCUT2D eigenvalue weighted by Gasteiger charge is 2.51. The molecule has 0 radical (unpaired) electrons. The van der Waals surface area contributed by atoms with Crippen LogP contribution in [-0.2, 0) is 28.6 Å². The molecule has 6 rings (SSSR count). The van der Waals surface area contributed by atoms with Gasteiger partial charge in [-0.3, -0.25) is 4.79 Å². The number of rotatable bonds is 4. The Hall–Kier alpha value is -3.29. The maximum absolute atomic E-state index is 11.7. The van der Waals surface area contributed by atoms with Crippen LogP contribution in [-0.4, -0.2) is 45.8 Å². The Labute approximate surface area is 202 Å². The summed E-state index contributed by atoms with van der Waals surface area (Å²) in [5.74, 6) is 1.43. The molecule has 0 aliphatic carbocycles. The van der Waals surface area contributed by atoms with Crippen LogP contribution in [0.1, 0.15) is 28.6 Å². The van der Waals surface area contributed by atoms with Crippen molar-refractivity contribution in [3.8, 4) is 22.5 Å². The number of carbonyl (C=O) groups excluding carboxylic acids is 1. The van der Waals surface area contributed by atoms with Crippen molar-refractivity contribution >= 4 is 17.7 Å². The summed E-state index contributed by atoms with van der Waals surface area (Å²) >= 11 is 1.75. The molecule has 0 saturated carbocycles. The van der Waals surface area contributed by atoms with Crippen LogP contribution in [0.15, 0.2) is 66.0 Å². The second-order valence-electron chi connectivity index (χ2n) is 9.03. The maximum atomic E-state index is 11.7. The zero-order valence-corrected chi connectivity index (χ0v) is 19.9. The summed E-state index contributed by atoms with van der Waals surface area (Å²) < 4.78 is 8.40. The summed E-state index contributed by atoms with van der Waals surface area (Å²) in [5.41, 5.74) is 4.25. The number of amides is 1. The van der Waals surface area contributed by atoms with Gasteiger partial charge in [0.25, 0.3) is 0 Å². The van der Waals surface area contributed by atoms with Crippen molar-refractivity contribution in [3.63, 3.8) is 0 Å². The lowest BCUT2D eigenvalue weighted by Crippen LogP contribution is -2.51. The molecule has 0 bridgehead atoms. The highest BCUT2D eigenvalue weighted by molar-refractivity contribution is 7.10. The van der Waals surface area contributed by atoms with Crippen molar-refractivity contribution in [2.45, 2.75) is 24.4 Å². The van der Waals surface area contributed by atoms with Crippen molar-refractivity contribution in [3.05, 3.63) is 82.3 Å². The summed E-state index contributed by atoms with van der Waals surface area (Å²) in [6, 6.07) is 21.0. The predicted octanol–water partition coefficient (Wildman–Crippen LogP) is 4.62. The minimum Gasteiger partial charge on any atom is -0.368 e. The van der Waals surface area contributed by atoms with E-state index in [2.05, 4.69) is 47.8 Å². The topological polar surface area (TPSA) is 60.2 Å². The highest BCUT2D eigenvalue weighted by atomic mass is 32.1. The lowest BCUT2D eigenvalue weighted by molar-refractivity contribution is -0.133. The van der Waals surface area contributed by atoms with Gasteiger partial charge in [-0.1, -0.05) is 54.6 Å². The quantitative estimate of drug-likeness (QED) is 0.408. The summed E-state index contributed by atoms with van der Waals surface area (Å²) in [7, 11) is 1.93. The fraction of sp³-hybridized carbons (Fsp3) is 0.296. The Kier molecular flexibility index (Phi) is 5.31. The third-order valence-corrected chi connectivity index (χ3v) is 8.22. The number of nitrogens with zero attached hydrogens (tertiary/aromatic N) is 4. The van der Waals surface area contributed by atoms with Gasteiger partial charge in [-0.05, 0) is 41.0 Å². The molecule has 7 heteroatoms. The molecule has 2 aliphatic rings. The molecular formula is C27H26N4O2S. The van der Waals surface area contributed by atoms with Crippen LogP contribution in [0.25, 0.3) is 22.5 Å². The number of ether oxygens (including phenoxy) is 1. The van der Waals surface area contributed by atoms with Crippen molar-refractivity contribution in [1.29, 1.82) is 0 Å².